The maximum absolute atomic E-state index is 12.4. The molecule has 2 aliphatic rings. The molecule has 1 N–H and O–H groups in total. The summed E-state index contributed by atoms with van der Waals surface area (Å²) in [7, 11) is 0. The summed E-state index contributed by atoms with van der Waals surface area (Å²) < 4.78 is 0. The van der Waals surface area contributed by atoms with Crippen molar-refractivity contribution in [1.29, 1.82) is 0 Å². The van der Waals surface area contributed by atoms with E-state index < -0.39 is 0 Å². The normalized spacial score (nSPS) is 23.0. The van der Waals surface area contributed by atoms with E-state index in [2.05, 4.69) is 5.32 Å². The second-order valence-electron chi connectivity index (χ2n) is 6.14. The number of hydrogen-bond donors (Lipinski definition) is 1. The molecule has 3 amide bonds. The first-order valence-corrected chi connectivity index (χ1v) is 8.44. The van der Waals surface area contributed by atoms with Gasteiger partial charge in [0.2, 0.25) is 17.7 Å². The van der Waals surface area contributed by atoms with E-state index >= 15 is 0 Å². The number of nitrogens with zero attached hydrogens (tertiary/aromatic N) is 1. The molecule has 6 heteroatoms. The number of hydrogen-bond acceptors (Lipinski definition) is 3. The summed E-state index contributed by atoms with van der Waals surface area (Å²) in [5, 5.41) is 3.44. The van der Waals surface area contributed by atoms with Gasteiger partial charge in [0.1, 0.15) is 0 Å². The fraction of sp³-hybridized carbons (Fsp3) is 0.389. The number of carbonyl (C=O) groups is 3. The highest BCUT2D eigenvalue weighted by Crippen LogP contribution is 2.38. The Bertz CT molecular complexity index is 687. The number of rotatable bonds is 5. The average Bonchev–Trinajstić information content (AvgIpc) is 2.82. The number of fused-ring (bicyclic) bond motifs is 1. The van der Waals surface area contributed by atoms with Crippen molar-refractivity contribution in [1.82, 2.24) is 10.2 Å². The van der Waals surface area contributed by atoms with E-state index in [-0.39, 0.29) is 42.5 Å². The summed E-state index contributed by atoms with van der Waals surface area (Å²) in [4.78, 5) is 37.9. The number of amides is 3. The Hall–Kier alpha value is -2.14. The molecule has 126 valence electrons. The Morgan fingerprint density at radius 3 is 2.62 bits per heavy atom. The van der Waals surface area contributed by atoms with Gasteiger partial charge in [-0.05, 0) is 18.4 Å². The van der Waals surface area contributed by atoms with Gasteiger partial charge in [-0.2, -0.15) is 0 Å². The van der Waals surface area contributed by atoms with E-state index in [1.807, 2.05) is 36.4 Å². The second kappa shape index (κ2) is 7.18. The molecule has 2 atom stereocenters. The minimum atomic E-state index is -0.359. The van der Waals surface area contributed by atoms with Crippen molar-refractivity contribution in [2.75, 3.05) is 6.54 Å². The first-order chi connectivity index (χ1) is 11.6. The number of halogens is 1. The highest BCUT2D eigenvalue weighted by Gasteiger charge is 2.48. The van der Waals surface area contributed by atoms with Crippen LogP contribution in [0.4, 0.5) is 0 Å². The number of likely N-dealkylation sites (tertiary alicyclic amines) is 1. The Balaban J connectivity index is 1.51. The molecule has 1 saturated heterocycles. The Morgan fingerprint density at radius 2 is 1.88 bits per heavy atom. The number of benzene rings is 1. The topological polar surface area (TPSA) is 66.5 Å². The second-order valence-corrected chi connectivity index (χ2v) is 6.63. The number of carbonyl (C=O) groups excluding carboxylic acids is 3. The van der Waals surface area contributed by atoms with Crippen LogP contribution < -0.4 is 5.32 Å². The molecule has 1 heterocycles. The third kappa shape index (κ3) is 3.51. The largest absolute Gasteiger partial charge is 0.352 e. The van der Waals surface area contributed by atoms with Crippen molar-refractivity contribution in [3.05, 3.63) is 47.0 Å². The summed E-state index contributed by atoms with van der Waals surface area (Å²) in [5.41, 5.74) is 1.01. The van der Waals surface area contributed by atoms with E-state index in [0.717, 1.165) is 5.56 Å². The van der Waals surface area contributed by atoms with Crippen LogP contribution in [0.15, 0.2) is 41.4 Å². The van der Waals surface area contributed by atoms with Crippen LogP contribution in [0.25, 0.3) is 0 Å². The standard InChI is InChI=1S/C18H19ClN2O3/c19-13-6-7-14-15(10-13)18(24)21(17(14)23)9-8-16(22)20-11-12-4-2-1-3-5-12/h1-6,14-15H,7-11H2,(H,20,22)/t14-,15+/m0/s1. The average molecular weight is 347 g/mol. The van der Waals surface area contributed by atoms with Crippen molar-refractivity contribution in [3.8, 4) is 0 Å². The minimum Gasteiger partial charge on any atom is -0.352 e. The van der Waals surface area contributed by atoms with Crippen molar-refractivity contribution in [3.63, 3.8) is 0 Å². The lowest BCUT2D eigenvalue weighted by molar-refractivity contribution is -0.140. The third-order valence-electron chi connectivity index (χ3n) is 4.56. The fourth-order valence-corrected chi connectivity index (χ4v) is 3.47. The van der Waals surface area contributed by atoms with Crippen LogP contribution in [0.2, 0.25) is 0 Å². The number of imide groups is 1. The molecule has 5 nitrogen and oxygen atoms in total. The van der Waals surface area contributed by atoms with Gasteiger partial charge >= 0.3 is 0 Å². The summed E-state index contributed by atoms with van der Waals surface area (Å²) >= 11 is 5.99. The van der Waals surface area contributed by atoms with E-state index in [1.165, 1.54) is 4.90 Å². The molecule has 0 radical (unpaired) electrons. The molecule has 0 unspecified atom stereocenters. The van der Waals surface area contributed by atoms with Crippen LogP contribution in [0, 0.1) is 11.8 Å². The molecule has 3 rings (SSSR count). The predicted octanol–water partition coefficient (Wildman–Crippen LogP) is 2.21. The van der Waals surface area contributed by atoms with E-state index in [0.29, 0.717) is 24.4 Å². The molecular weight excluding hydrogens is 328 g/mol. The number of allylic oxidation sites excluding steroid dienone is 2. The summed E-state index contributed by atoms with van der Waals surface area (Å²) in [6, 6.07) is 9.58. The van der Waals surface area contributed by atoms with E-state index in [9.17, 15) is 14.4 Å². The van der Waals surface area contributed by atoms with Crippen LogP contribution in [-0.2, 0) is 20.9 Å². The van der Waals surface area contributed by atoms with Gasteiger partial charge in [0.15, 0.2) is 0 Å². The van der Waals surface area contributed by atoms with E-state index in [1.54, 1.807) is 0 Å². The lowest BCUT2D eigenvalue weighted by Crippen LogP contribution is -2.35. The molecule has 1 aliphatic heterocycles. The fourth-order valence-electron chi connectivity index (χ4n) is 3.21. The zero-order valence-electron chi connectivity index (χ0n) is 13.2. The van der Waals surface area contributed by atoms with Crippen LogP contribution in [0.5, 0.6) is 0 Å². The highest BCUT2D eigenvalue weighted by atomic mass is 35.5. The molecule has 0 bridgehead atoms. The predicted molar refractivity (Wildman–Crippen MR) is 89.8 cm³/mol. The third-order valence-corrected chi connectivity index (χ3v) is 4.86. The maximum Gasteiger partial charge on any atom is 0.233 e. The molecular formula is C18H19ClN2O3. The molecule has 0 aromatic heterocycles. The smallest absolute Gasteiger partial charge is 0.233 e. The van der Waals surface area contributed by atoms with Gasteiger partial charge in [-0.15, -0.1) is 0 Å². The number of nitrogens with one attached hydrogen (secondary N) is 1. The molecule has 0 spiro atoms. The van der Waals surface area contributed by atoms with Crippen molar-refractivity contribution < 1.29 is 14.4 Å². The maximum atomic E-state index is 12.4. The van der Waals surface area contributed by atoms with Gasteiger partial charge in [0.25, 0.3) is 0 Å². The molecule has 0 saturated carbocycles. The van der Waals surface area contributed by atoms with Crippen LogP contribution in [0.1, 0.15) is 24.8 Å². The molecule has 1 aromatic rings. The Labute approximate surface area is 145 Å². The van der Waals surface area contributed by atoms with Crippen LogP contribution in [0.3, 0.4) is 0 Å². The first kappa shape index (κ1) is 16.7. The Morgan fingerprint density at radius 1 is 1.17 bits per heavy atom. The van der Waals surface area contributed by atoms with Crippen molar-refractivity contribution >= 4 is 29.3 Å². The summed E-state index contributed by atoms with van der Waals surface area (Å²) in [5.74, 6) is -1.23. The Kier molecular flexibility index (Phi) is 5.00. The minimum absolute atomic E-state index is 0.116. The summed E-state index contributed by atoms with van der Waals surface area (Å²) in [6.45, 7) is 0.565. The monoisotopic (exact) mass is 346 g/mol. The van der Waals surface area contributed by atoms with Crippen LogP contribution >= 0.6 is 11.6 Å². The van der Waals surface area contributed by atoms with Crippen molar-refractivity contribution in [2.45, 2.75) is 25.8 Å². The lowest BCUT2D eigenvalue weighted by Gasteiger charge is -2.17. The molecule has 1 aromatic carbocycles. The highest BCUT2D eigenvalue weighted by molar-refractivity contribution is 6.30. The molecule has 1 fully saturated rings. The van der Waals surface area contributed by atoms with Gasteiger partial charge < -0.3 is 5.32 Å². The summed E-state index contributed by atoms with van der Waals surface area (Å²) in [6.07, 6.45) is 2.85. The van der Waals surface area contributed by atoms with Gasteiger partial charge in [-0.1, -0.05) is 48.0 Å². The van der Waals surface area contributed by atoms with Gasteiger partial charge in [0.05, 0.1) is 11.8 Å². The van der Waals surface area contributed by atoms with Crippen molar-refractivity contribution in [2.24, 2.45) is 11.8 Å². The molecule has 1 aliphatic carbocycles. The van der Waals surface area contributed by atoms with E-state index in [4.69, 9.17) is 11.6 Å². The quantitative estimate of drug-likeness (QED) is 0.831. The zero-order chi connectivity index (χ0) is 17.1. The van der Waals surface area contributed by atoms with Crippen LogP contribution in [-0.4, -0.2) is 29.2 Å². The lowest BCUT2D eigenvalue weighted by atomic mass is 9.85. The SMILES string of the molecule is O=C(CCN1C(=O)[C@H]2CC=C(Cl)C[C@H]2C1=O)NCc1ccccc1. The van der Waals surface area contributed by atoms with Gasteiger partial charge in [0, 0.05) is 24.5 Å². The molecule has 24 heavy (non-hydrogen) atoms. The first-order valence-electron chi connectivity index (χ1n) is 8.06. The zero-order valence-corrected chi connectivity index (χ0v) is 14.0. The van der Waals surface area contributed by atoms with Gasteiger partial charge in [-0.3, -0.25) is 19.3 Å². The van der Waals surface area contributed by atoms with Gasteiger partial charge in [-0.25, -0.2) is 0 Å².